The normalized spacial score (nSPS) is 20.1. The van der Waals surface area contributed by atoms with Crippen LogP contribution in [0.2, 0.25) is 0 Å². The van der Waals surface area contributed by atoms with Crippen LogP contribution in [-0.4, -0.2) is 69.8 Å². The lowest BCUT2D eigenvalue weighted by atomic mass is 9.87. The number of halogens is 3. The highest BCUT2D eigenvalue weighted by Gasteiger charge is 2.36. The first-order valence-corrected chi connectivity index (χ1v) is 17.4. The number of anilines is 2. The van der Waals surface area contributed by atoms with Gasteiger partial charge >= 0.3 is 6.18 Å². The lowest BCUT2D eigenvalue weighted by Crippen LogP contribution is -2.35. The van der Waals surface area contributed by atoms with Crippen molar-refractivity contribution < 1.29 is 17.9 Å². The maximum atomic E-state index is 14.6. The van der Waals surface area contributed by atoms with Crippen molar-refractivity contribution in [3.8, 4) is 11.1 Å². The van der Waals surface area contributed by atoms with Crippen LogP contribution < -0.4 is 10.9 Å². The third-order valence-corrected chi connectivity index (χ3v) is 10.5. The van der Waals surface area contributed by atoms with Crippen LogP contribution in [0.1, 0.15) is 54.4 Å². The van der Waals surface area contributed by atoms with E-state index in [1.165, 1.54) is 18.2 Å². The van der Waals surface area contributed by atoms with Crippen molar-refractivity contribution in [2.24, 2.45) is 5.92 Å². The summed E-state index contributed by atoms with van der Waals surface area (Å²) in [4.78, 5) is 25.5. The molecule has 7 rings (SSSR count). The number of hydrogen-bond donors (Lipinski definition) is 1. The van der Waals surface area contributed by atoms with E-state index in [9.17, 15) is 18.0 Å². The standard InChI is InChI=1S/C35H39F3N6O2S/c1-42-15-16-46-31(21-42)24-5-8-27(9-6-24)40-34-39-19-26-17-29(33(45)44(32(26)41-34)20-22-3-4-22)28-10-7-25(18-30(28)35(36,37)38)23-11-13-43(47-2)14-12-23/h5-10,17-19,22-23,31H,3-4,11-16,20-21H2,1-2H3,(H,39,40,41). The van der Waals surface area contributed by atoms with Crippen molar-refractivity contribution in [2.45, 2.75) is 50.4 Å². The highest BCUT2D eigenvalue weighted by Crippen LogP contribution is 2.41. The van der Waals surface area contributed by atoms with Gasteiger partial charge in [-0.15, -0.1) is 0 Å². The molecule has 4 heterocycles. The van der Waals surface area contributed by atoms with Gasteiger partial charge in [0.05, 0.1) is 18.3 Å². The number of ether oxygens (including phenoxy) is 1. The molecule has 3 aliphatic rings. The van der Waals surface area contributed by atoms with Crippen LogP contribution in [0, 0.1) is 5.92 Å². The topological polar surface area (TPSA) is 75.5 Å². The minimum absolute atomic E-state index is 0.0121. The SMILES string of the molecule is CSN1CCC(c2ccc(-c3cc4cnc(Nc5ccc(C6CN(C)CCO6)cc5)nc4n(CC4CC4)c3=O)c(C(F)(F)F)c2)CC1. The number of alkyl halides is 3. The second-order valence-electron chi connectivity index (χ2n) is 12.9. The number of pyridine rings is 1. The van der Waals surface area contributed by atoms with E-state index in [-0.39, 0.29) is 23.1 Å². The number of rotatable bonds is 8. The van der Waals surface area contributed by atoms with Gasteiger partial charge in [-0.2, -0.15) is 18.2 Å². The molecule has 0 amide bonds. The molecule has 2 aromatic heterocycles. The van der Waals surface area contributed by atoms with Crippen molar-refractivity contribution in [2.75, 3.05) is 51.4 Å². The van der Waals surface area contributed by atoms with Gasteiger partial charge in [0.25, 0.3) is 5.56 Å². The molecule has 1 unspecified atom stereocenters. The Morgan fingerprint density at radius 1 is 0.979 bits per heavy atom. The summed E-state index contributed by atoms with van der Waals surface area (Å²) in [5.74, 6) is 0.653. The molecule has 248 valence electrons. The first kappa shape index (κ1) is 32.1. The lowest BCUT2D eigenvalue weighted by molar-refractivity contribution is -0.137. The fourth-order valence-electron chi connectivity index (χ4n) is 6.69. The summed E-state index contributed by atoms with van der Waals surface area (Å²) < 4.78 is 53.5. The molecule has 4 aromatic rings. The van der Waals surface area contributed by atoms with Gasteiger partial charge < -0.3 is 15.0 Å². The number of nitrogens with zero attached hydrogens (tertiary/aromatic N) is 5. The molecule has 1 N–H and O–H groups in total. The zero-order valence-electron chi connectivity index (χ0n) is 26.6. The zero-order valence-corrected chi connectivity index (χ0v) is 27.4. The number of benzene rings is 2. The first-order chi connectivity index (χ1) is 22.7. The molecule has 0 bridgehead atoms. The van der Waals surface area contributed by atoms with Gasteiger partial charge in [-0.25, -0.2) is 4.98 Å². The molecule has 12 heteroatoms. The van der Waals surface area contributed by atoms with Crippen LogP contribution in [0.4, 0.5) is 24.8 Å². The molecule has 0 radical (unpaired) electrons. The fraction of sp³-hybridized carbons (Fsp3) is 0.457. The summed E-state index contributed by atoms with van der Waals surface area (Å²) in [5.41, 5.74) is 1.61. The Hall–Kier alpha value is -3.45. The van der Waals surface area contributed by atoms with E-state index in [0.717, 1.165) is 63.1 Å². The highest BCUT2D eigenvalue weighted by atomic mass is 32.2. The summed E-state index contributed by atoms with van der Waals surface area (Å²) in [6, 6.07) is 13.9. The van der Waals surface area contributed by atoms with Crippen molar-refractivity contribution in [1.29, 1.82) is 0 Å². The second-order valence-corrected chi connectivity index (χ2v) is 13.8. The largest absolute Gasteiger partial charge is 0.417 e. The first-order valence-electron chi connectivity index (χ1n) is 16.2. The Kier molecular flexibility index (Phi) is 9.03. The van der Waals surface area contributed by atoms with Crippen molar-refractivity contribution in [3.05, 3.63) is 81.8 Å². The van der Waals surface area contributed by atoms with Gasteiger partial charge in [0.2, 0.25) is 5.95 Å². The van der Waals surface area contributed by atoms with E-state index >= 15 is 0 Å². The van der Waals surface area contributed by atoms with Crippen LogP contribution in [0.3, 0.4) is 0 Å². The minimum atomic E-state index is -4.62. The molecule has 1 atom stereocenters. The Balaban J connectivity index is 1.21. The summed E-state index contributed by atoms with van der Waals surface area (Å²) in [6.45, 7) is 4.50. The van der Waals surface area contributed by atoms with Gasteiger partial charge in [-0.1, -0.05) is 36.2 Å². The summed E-state index contributed by atoms with van der Waals surface area (Å²) in [7, 11) is 2.08. The second kappa shape index (κ2) is 13.2. The van der Waals surface area contributed by atoms with Crippen LogP contribution >= 0.6 is 11.9 Å². The van der Waals surface area contributed by atoms with Gasteiger partial charge in [-0.3, -0.25) is 13.7 Å². The molecular formula is C35H39F3N6O2S. The quantitative estimate of drug-likeness (QED) is 0.200. The molecular weight excluding hydrogens is 625 g/mol. The van der Waals surface area contributed by atoms with Crippen LogP contribution in [-0.2, 0) is 17.5 Å². The van der Waals surface area contributed by atoms with Crippen LogP contribution in [0.25, 0.3) is 22.2 Å². The van der Waals surface area contributed by atoms with E-state index in [0.29, 0.717) is 41.6 Å². The fourth-order valence-corrected chi connectivity index (χ4v) is 7.26. The molecule has 0 spiro atoms. The smallest absolute Gasteiger partial charge is 0.371 e. The maximum Gasteiger partial charge on any atom is 0.417 e. The molecule has 8 nitrogen and oxygen atoms in total. The molecule has 47 heavy (non-hydrogen) atoms. The maximum absolute atomic E-state index is 14.6. The molecule has 1 aliphatic carbocycles. The van der Waals surface area contributed by atoms with Gasteiger partial charge in [0.15, 0.2) is 0 Å². The van der Waals surface area contributed by atoms with Gasteiger partial charge in [0, 0.05) is 55.6 Å². The number of nitrogens with one attached hydrogen (secondary N) is 1. The van der Waals surface area contributed by atoms with Crippen LogP contribution in [0.15, 0.2) is 59.5 Å². The van der Waals surface area contributed by atoms with E-state index < -0.39 is 17.3 Å². The number of aromatic nitrogens is 3. The zero-order chi connectivity index (χ0) is 32.7. The predicted octanol–water partition coefficient (Wildman–Crippen LogP) is 7.09. The Morgan fingerprint density at radius 3 is 2.40 bits per heavy atom. The Bertz CT molecular complexity index is 1800. The van der Waals surface area contributed by atoms with E-state index in [1.807, 2.05) is 30.5 Å². The summed E-state index contributed by atoms with van der Waals surface area (Å²) in [6.07, 6.45) is 2.53. The molecule has 2 aromatic carbocycles. The number of fused-ring (bicyclic) bond motifs is 1. The number of hydrogen-bond acceptors (Lipinski definition) is 8. The number of piperidine rings is 1. The minimum Gasteiger partial charge on any atom is -0.371 e. The van der Waals surface area contributed by atoms with Gasteiger partial charge in [-0.05, 0) is 91.8 Å². The van der Waals surface area contributed by atoms with E-state index in [2.05, 4.69) is 26.6 Å². The third kappa shape index (κ3) is 7.06. The molecule has 2 aliphatic heterocycles. The third-order valence-electron chi connectivity index (χ3n) is 9.60. The van der Waals surface area contributed by atoms with Crippen molar-refractivity contribution in [1.82, 2.24) is 23.7 Å². The van der Waals surface area contributed by atoms with E-state index in [4.69, 9.17) is 9.72 Å². The number of likely N-dealkylation sites (N-methyl/N-ethyl adjacent to an activating group) is 1. The average molecular weight is 665 g/mol. The Labute approximate surface area is 276 Å². The highest BCUT2D eigenvalue weighted by molar-refractivity contribution is 7.96. The van der Waals surface area contributed by atoms with Crippen molar-refractivity contribution in [3.63, 3.8) is 0 Å². The summed E-state index contributed by atoms with van der Waals surface area (Å²) in [5, 5.41) is 3.74. The van der Waals surface area contributed by atoms with Crippen LogP contribution in [0.5, 0.6) is 0 Å². The monoisotopic (exact) mass is 664 g/mol. The summed E-state index contributed by atoms with van der Waals surface area (Å²) >= 11 is 1.67. The molecule has 1 saturated carbocycles. The number of morpholine rings is 1. The molecule has 2 saturated heterocycles. The van der Waals surface area contributed by atoms with E-state index in [1.54, 1.807) is 28.8 Å². The van der Waals surface area contributed by atoms with Crippen molar-refractivity contribution >= 4 is 34.6 Å². The Morgan fingerprint density at radius 2 is 1.72 bits per heavy atom. The lowest BCUT2D eigenvalue weighted by Gasteiger charge is -2.30. The predicted molar refractivity (Wildman–Crippen MR) is 180 cm³/mol. The average Bonchev–Trinajstić information content (AvgIpc) is 3.90. The van der Waals surface area contributed by atoms with Gasteiger partial charge in [0.1, 0.15) is 5.65 Å². The molecule has 3 fully saturated rings.